The fourth-order valence-electron chi connectivity index (χ4n) is 3.51. The van der Waals surface area contributed by atoms with E-state index in [9.17, 15) is 0 Å². The highest BCUT2D eigenvalue weighted by Crippen LogP contribution is 2.17. The van der Waals surface area contributed by atoms with E-state index in [4.69, 9.17) is 9.72 Å². The third kappa shape index (κ3) is 4.85. The smallest absolute Gasteiger partial charge is 0.227 e. The molecular formula is C19H28N8O. The van der Waals surface area contributed by atoms with Gasteiger partial charge in [-0.3, -0.25) is 4.90 Å². The lowest BCUT2D eigenvalue weighted by Crippen LogP contribution is -2.47. The van der Waals surface area contributed by atoms with E-state index < -0.39 is 0 Å². The molecule has 0 unspecified atom stereocenters. The van der Waals surface area contributed by atoms with Crippen molar-refractivity contribution in [3.63, 3.8) is 0 Å². The highest BCUT2D eigenvalue weighted by molar-refractivity contribution is 5.45. The van der Waals surface area contributed by atoms with Crippen molar-refractivity contribution in [3.05, 3.63) is 30.2 Å². The van der Waals surface area contributed by atoms with E-state index in [1.54, 1.807) is 12.4 Å². The van der Waals surface area contributed by atoms with Crippen molar-refractivity contribution in [2.75, 3.05) is 80.7 Å². The van der Waals surface area contributed by atoms with E-state index >= 15 is 0 Å². The first-order chi connectivity index (χ1) is 13.8. The van der Waals surface area contributed by atoms with Crippen LogP contribution < -0.4 is 15.1 Å². The first-order valence-electron chi connectivity index (χ1n) is 9.94. The fourth-order valence-corrected chi connectivity index (χ4v) is 3.51. The third-order valence-electron chi connectivity index (χ3n) is 5.08. The number of morpholine rings is 1. The second-order valence-corrected chi connectivity index (χ2v) is 7.10. The van der Waals surface area contributed by atoms with Crippen LogP contribution in [0.4, 0.5) is 17.7 Å². The van der Waals surface area contributed by atoms with Crippen LogP contribution in [0.25, 0.3) is 0 Å². The summed E-state index contributed by atoms with van der Waals surface area (Å²) < 4.78 is 5.40. The van der Waals surface area contributed by atoms with Gasteiger partial charge in [0.15, 0.2) is 0 Å². The predicted octanol–water partition coefficient (Wildman–Crippen LogP) is 0.646. The van der Waals surface area contributed by atoms with Crippen LogP contribution in [-0.2, 0) is 4.74 Å². The number of nitrogens with zero attached hydrogens (tertiary/aromatic N) is 7. The summed E-state index contributed by atoms with van der Waals surface area (Å²) in [5.74, 6) is 2.48. The number of piperazine rings is 1. The zero-order chi connectivity index (χ0) is 19.2. The van der Waals surface area contributed by atoms with Gasteiger partial charge < -0.3 is 19.9 Å². The van der Waals surface area contributed by atoms with Gasteiger partial charge >= 0.3 is 0 Å². The molecule has 0 bridgehead atoms. The van der Waals surface area contributed by atoms with Crippen LogP contribution in [0.5, 0.6) is 0 Å². The number of anilines is 3. The van der Waals surface area contributed by atoms with Crippen molar-refractivity contribution >= 4 is 17.7 Å². The molecule has 2 saturated heterocycles. The SMILES string of the molecule is Cc1cc(NCCN2CCOCC2)nc(N2CCN(c3ncccn3)CC2)n1. The maximum absolute atomic E-state index is 5.40. The van der Waals surface area contributed by atoms with Crippen LogP contribution in [0, 0.1) is 6.92 Å². The number of nitrogens with one attached hydrogen (secondary N) is 1. The number of ether oxygens (including phenoxy) is 1. The minimum absolute atomic E-state index is 0.790. The number of aryl methyl sites for hydroxylation is 1. The maximum Gasteiger partial charge on any atom is 0.227 e. The Balaban J connectivity index is 1.32. The summed E-state index contributed by atoms with van der Waals surface area (Å²) in [5.41, 5.74) is 0.979. The Morgan fingerprint density at radius 2 is 1.61 bits per heavy atom. The molecule has 2 aromatic heterocycles. The molecule has 0 aliphatic carbocycles. The van der Waals surface area contributed by atoms with Crippen molar-refractivity contribution in [2.45, 2.75) is 6.92 Å². The monoisotopic (exact) mass is 384 g/mol. The lowest BCUT2D eigenvalue weighted by molar-refractivity contribution is 0.0398. The van der Waals surface area contributed by atoms with Gasteiger partial charge in [-0.05, 0) is 13.0 Å². The highest BCUT2D eigenvalue weighted by atomic mass is 16.5. The Morgan fingerprint density at radius 3 is 2.32 bits per heavy atom. The summed E-state index contributed by atoms with van der Waals surface area (Å²) in [5, 5.41) is 3.46. The zero-order valence-corrected chi connectivity index (χ0v) is 16.4. The van der Waals surface area contributed by atoms with Crippen molar-refractivity contribution < 1.29 is 4.74 Å². The summed E-state index contributed by atoms with van der Waals surface area (Å²) in [6, 6.07) is 3.85. The highest BCUT2D eigenvalue weighted by Gasteiger charge is 2.21. The molecular weight excluding hydrogens is 356 g/mol. The van der Waals surface area contributed by atoms with Crippen molar-refractivity contribution in [1.29, 1.82) is 0 Å². The molecule has 2 aromatic rings. The number of aromatic nitrogens is 4. The van der Waals surface area contributed by atoms with E-state index in [1.165, 1.54) is 0 Å². The summed E-state index contributed by atoms with van der Waals surface area (Å²) in [4.78, 5) is 24.9. The average molecular weight is 384 g/mol. The molecule has 0 aromatic carbocycles. The topological polar surface area (TPSA) is 82.5 Å². The molecule has 0 atom stereocenters. The van der Waals surface area contributed by atoms with E-state index in [-0.39, 0.29) is 0 Å². The summed E-state index contributed by atoms with van der Waals surface area (Å²) in [6.07, 6.45) is 3.57. The van der Waals surface area contributed by atoms with Gasteiger partial charge in [0.2, 0.25) is 11.9 Å². The molecule has 4 rings (SSSR count). The molecule has 2 aliphatic rings. The van der Waals surface area contributed by atoms with Crippen LogP contribution in [0.1, 0.15) is 5.69 Å². The van der Waals surface area contributed by atoms with Crippen LogP contribution in [0.2, 0.25) is 0 Å². The molecule has 28 heavy (non-hydrogen) atoms. The van der Waals surface area contributed by atoms with Gasteiger partial charge in [-0.2, -0.15) is 4.98 Å². The fraction of sp³-hybridized carbons (Fsp3) is 0.579. The quantitative estimate of drug-likeness (QED) is 0.772. The summed E-state index contributed by atoms with van der Waals surface area (Å²) in [7, 11) is 0. The summed E-state index contributed by atoms with van der Waals surface area (Å²) in [6.45, 7) is 11.0. The Bertz CT molecular complexity index is 745. The van der Waals surface area contributed by atoms with Gasteiger partial charge in [-0.25, -0.2) is 15.0 Å². The van der Waals surface area contributed by atoms with Gasteiger partial charge in [-0.1, -0.05) is 0 Å². The van der Waals surface area contributed by atoms with Crippen molar-refractivity contribution in [2.24, 2.45) is 0 Å². The second-order valence-electron chi connectivity index (χ2n) is 7.10. The lowest BCUT2D eigenvalue weighted by atomic mass is 10.3. The Kier molecular flexibility index (Phi) is 6.13. The predicted molar refractivity (Wildman–Crippen MR) is 109 cm³/mol. The van der Waals surface area contributed by atoms with Crippen LogP contribution in [-0.4, -0.2) is 90.4 Å². The summed E-state index contributed by atoms with van der Waals surface area (Å²) >= 11 is 0. The Morgan fingerprint density at radius 1 is 0.929 bits per heavy atom. The molecule has 0 spiro atoms. The van der Waals surface area contributed by atoms with Crippen LogP contribution >= 0.6 is 0 Å². The Hall–Kier alpha value is -2.52. The molecule has 0 amide bonds. The first kappa shape index (κ1) is 18.8. The molecule has 150 valence electrons. The molecule has 0 saturated carbocycles. The molecule has 1 N–H and O–H groups in total. The van der Waals surface area contributed by atoms with E-state index in [2.05, 4.69) is 35.0 Å². The largest absolute Gasteiger partial charge is 0.379 e. The van der Waals surface area contributed by atoms with Gasteiger partial charge in [0, 0.05) is 76.5 Å². The molecule has 2 aliphatic heterocycles. The van der Waals surface area contributed by atoms with Crippen LogP contribution in [0.15, 0.2) is 24.5 Å². The Labute approximate surface area is 165 Å². The molecule has 9 heteroatoms. The van der Waals surface area contributed by atoms with E-state index in [0.717, 1.165) is 89.0 Å². The molecule has 2 fully saturated rings. The van der Waals surface area contributed by atoms with E-state index in [0.29, 0.717) is 0 Å². The second kappa shape index (κ2) is 9.11. The zero-order valence-electron chi connectivity index (χ0n) is 16.4. The van der Waals surface area contributed by atoms with Crippen LogP contribution in [0.3, 0.4) is 0 Å². The van der Waals surface area contributed by atoms with Gasteiger partial charge in [0.25, 0.3) is 0 Å². The standard InChI is InChI=1S/C19H28N8O/c1-16-15-17(20-5-6-25-11-13-28-14-12-25)24-19(23-16)27-9-7-26(8-10-27)18-21-3-2-4-22-18/h2-4,15H,5-14H2,1H3,(H,20,23,24). The molecule has 9 nitrogen and oxygen atoms in total. The van der Waals surface area contributed by atoms with Gasteiger partial charge in [0.1, 0.15) is 5.82 Å². The molecule has 4 heterocycles. The first-order valence-corrected chi connectivity index (χ1v) is 9.94. The number of hydrogen-bond acceptors (Lipinski definition) is 9. The average Bonchev–Trinajstić information content (AvgIpc) is 2.75. The number of hydrogen-bond donors (Lipinski definition) is 1. The third-order valence-corrected chi connectivity index (χ3v) is 5.08. The molecule has 0 radical (unpaired) electrons. The van der Waals surface area contributed by atoms with Gasteiger partial charge in [0.05, 0.1) is 13.2 Å². The minimum atomic E-state index is 0.790. The minimum Gasteiger partial charge on any atom is -0.379 e. The lowest BCUT2D eigenvalue weighted by Gasteiger charge is -2.34. The normalized spacial score (nSPS) is 18.3. The maximum atomic E-state index is 5.40. The van der Waals surface area contributed by atoms with Crippen molar-refractivity contribution in [1.82, 2.24) is 24.8 Å². The van der Waals surface area contributed by atoms with Gasteiger partial charge in [-0.15, -0.1) is 0 Å². The van der Waals surface area contributed by atoms with E-state index in [1.807, 2.05) is 19.1 Å². The van der Waals surface area contributed by atoms with Crippen molar-refractivity contribution in [3.8, 4) is 0 Å². The number of rotatable bonds is 6.